The first-order chi connectivity index (χ1) is 8.25. The molecule has 0 amide bonds. The van der Waals surface area contributed by atoms with E-state index in [1.165, 1.54) is 10.4 Å². The summed E-state index contributed by atoms with van der Waals surface area (Å²) in [5, 5.41) is 2.08. The second-order valence-corrected chi connectivity index (χ2v) is 5.25. The van der Waals surface area contributed by atoms with E-state index in [-0.39, 0.29) is 5.78 Å². The van der Waals surface area contributed by atoms with Crippen LogP contribution in [0.1, 0.15) is 33.6 Å². The summed E-state index contributed by atoms with van der Waals surface area (Å²) in [4.78, 5) is 13.3. The van der Waals surface area contributed by atoms with Crippen molar-refractivity contribution in [1.29, 1.82) is 0 Å². The van der Waals surface area contributed by atoms with Crippen LogP contribution in [0.2, 0.25) is 0 Å². The molecular formula is C15H16OS. The quantitative estimate of drug-likeness (QED) is 0.718. The van der Waals surface area contributed by atoms with Crippen LogP contribution in [0.5, 0.6) is 0 Å². The minimum absolute atomic E-state index is 0.251. The molecule has 0 radical (unpaired) electrons. The zero-order chi connectivity index (χ0) is 12.1. The van der Waals surface area contributed by atoms with Gasteiger partial charge in [0.1, 0.15) is 0 Å². The molecule has 0 aliphatic carbocycles. The first-order valence-corrected chi connectivity index (χ1v) is 6.76. The van der Waals surface area contributed by atoms with Gasteiger partial charge < -0.3 is 0 Å². The topological polar surface area (TPSA) is 17.1 Å². The molecule has 0 fully saturated rings. The van der Waals surface area contributed by atoms with E-state index < -0.39 is 0 Å². The number of hydrogen-bond acceptors (Lipinski definition) is 2. The molecule has 0 aliphatic rings. The Labute approximate surface area is 106 Å². The molecule has 0 aliphatic heterocycles. The number of carbonyl (C=O) groups excluding carboxylic acids is 1. The molecule has 88 valence electrons. The lowest BCUT2D eigenvalue weighted by molar-refractivity contribution is 0.0980. The number of benzene rings is 1. The average Bonchev–Trinajstić information content (AvgIpc) is 2.83. The first-order valence-electron chi connectivity index (χ1n) is 5.88. The molecule has 1 aromatic carbocycles. The Morgan fingerprint density at radius 1 is 1.18 bits per heavy atom. The molecule has 0 N–H and O–H groups in total. The van der Waals surface area contributed by atoms with Crippen LogP contribution in [0.4, 0.5) is 0 Å². The van der Waals surface area contributed by atoms with Crippen molar-refractivity contribution in [2.24, 2.45) is 0 Å². The van der Waals surface area contributed by atoms with E-state index in [4.69, 9.17) is 0 Å². The van der Waals surface area contributed by atoms with Crippen LogP contribution in [0.15, 0.2) is 41.8 Å². The number of carbonyl (C=O) groups is 1. The highest BCUT2D eigenvalue weighted by Crippen LogP contribution is 2.14. The van der Waals surface area contributed by atoms with Gasteiger partial charge in [0, 0.05) is 16.9 Å². The van der Waals surface area contributed by atoms with Gasteiger partial charge in [-0.2, -0.15) is 0 Å². The Kier molecular flexibility index (Phi) is 4.10. The SMILES string of the molecule is Cc1ccc(C(=O)CCCc2cccs2)cc1. The molecule has 2 rings (SSSR count). The lowest BCUT2D eigenvalue weighted by Gasteiger charge is -2.01. The molecule has 17 heavy (non-hydrogen) atoms. The highest BCUT2D eigenvalue weighted by Gasteiger charge is 2.05. The van der Waals surface area contributed by atoms with Crippen molar-refractivity contribution < 1.29 is 4.79 Å². The fourth-order valence-corrected chi connectivity index (χ4v) is 2.51. The third-order valence-corrected chi connectivity index (χ3v) is 3.72. The van der Waals surface area contributed by atoms with Crippen LogP contribution in [0, 0.1) is 6.92 Å². The predicted molar refractivity (Wildman–Crippen MR) is 72.8 cm³/mol. The molecular weight excluding hydrogens is 228 g/mol. The zero-order valence-corrected chi connectivity index (χ0v) is 10.8. The maximum atomic E-state index is 11.9. The fourth-order valence-electron chi connectivity index (χ4n) is 1.76. The van der Waals surface area contributed by atoms with E-state index in [2.05, 4.69) is 17.5 Å². The van der Waals surface area contributed by atoms with E-state index in [1.54, 1.807) is 11.3 Å². The second-order valence-electron chi connectivity index (χ2n) is 4.22. The van der Waals surface area contributed by atoms with Gasteiger partial charge in [-0.3, -0.25) is 4.79 Å². The van der Waals surface area contributed by atoms with Gasteiger partial charge in [-0.05, 0) is 31.2 Å². The molecule has 2 aromatic rings. The molecule has 1 heterocycles. The van der Waals surface area contributed by atoms with Gasteiger partial charge in [0.05, 0.1) is 0 Å². The molecule has 0 spiro atoms. The minimum atomic E-state index is 0.251. The Morgan fingerprint density at radius 3 is 2.59 bits per heavy atom. The summed E-state index contributed by atoms with van der Waals surface area (Å²) in [7, 11) is 0. The molecule has 2 heteroatoms. The van der Waals surface area contributed by atoms with Gasteiger partial charge in [-0.25, -0.2) is 0 Å². The van der Waals surface area contributed by atoms with E-state index >= 15 is 0 Å². The van der Waals surface area contributed by atoms with Crippen LogP contribution >= 0.6 is 11.3 Å². The van der Waals surface area contributed by atoms with Gasteiger partial charge >= 0.3 is 0 Å². The largest absolute Gasteiger partial charge is 0.294 e. The third-order valence-electron chi connectivity index (χ3n) is 2.78. The van der Waals surface area contributed by atoms with Gasteiger partial charge in [0.2, 0.25) is 0 Å². The van der Waals surface area contributed by atoms with Gasteiger partial charge in [-0.15, -0.1) is 11.3 Å². The zero-order valence-electron chi connectivity index (χ0n) is 9.98. The lowest BCUT2D eigenvalue weighted by Crippen LogP contribution is -1.99. The number of aryl methyl sites for hydroxylation is 2. The fraction of sp³-hybridized carbons (Fsp3) is 0.267. The van der Waals surface area contributed by atoms with Crippen LogP contribution in [0.25, 0.3) is 0 Å². The Morgan fingerprint density at radius 2 is 1.94 bits per heavy atom. The van der Waals surface area contributed by atoms with Crippen molar-refractivity contribution in [3.05, 3.63) is 57.8 Å². The highest BCUT2D eigenvalue weighted by molar-refractivity contribution is 7.09. The number of hydrogen-bond donors (Lipinski definition) is 0. The van der Waals surface area contributed by atoms with Crippen molar-refractivity contribution in [3.8, 4) is 0 Å². The Bertz CT molecular complexity index is 468. The lowest BCUT2D eigenvalue weighted by atomic mass is 10.0. The van der Waals surface area contributed by atoms with Crippen LogP contribution in [-0.2, 0) is 6.42 Å². The molecule has 0 atom stereocenters. The van der Waals surface area contributed by atoms with Crippen LogP contribution < -0.4 is 0 Å². The monoisotopic (exact) mass is 244 g/mol. The van der Waals surface area contributed by atoms with Gasteiger partial charge in [0.25, 0.3) is 0 Å². The maximum Gasteiger partial charge on any atom is 0.162 e. The van der Waals surface area contributed by atoms with Crippen LogP contribution in [0.3, 0.4) is 0 Å². The summed E-state index contributed by atoms with van der Waals surface area (Å²) in [6.45, 7) is 2.03. The summed E-state index contributed by atoms with van der Waals surface area (Å²) >= 11 is 1.76. The van der Waals surface area contributed by atoms with Crippen molar-refractivity contribution in [2.45, 2.75) is 26.2 Å². The van der Waals surface area contributed by atoms with Crippen molar-refractivity contribution in [3.63, 3.8) is 0 Å². The van der Waals surface area contributed by atoms with Crippen molar-refractivity contribution in [2.75, 3.05) is 0 Å². The smallest absolute Gasteiger partial charge is 0.162 e. The molecule has 1 nitrogen and oxygen atoms in total. The summed E-state index contributed by atoms with van der Waals surface area (Å²) in [6, 6.07) is 12.0. The standard InChI is InChI=1S/C15H16OS/c1-12-7-9-13(10-8-12)15(16)6-2-4-14-5-3-11-17-14/h3,5,7-11H,2,4,6H2,1H3. The number of Topliss-reactive ketones (excluding diaryl/α,β-unsaturated/α-hetero) is 1. The Hall–Kier alpha value is -1.41. The van der Waals surface area contributed by atoms with E-state index in [0.717, 1.165) is 18.4 Å². The Balaban J connectivity index is 1.83. The molecule has 1 aromatic heterocycles. The summed E-state index contributed by atoms with van der Waals surface area (Å²) in [5.74, 6) is 0.251. The minimum Gasteiger partial charge on any atom is -0.294 e. The molecule has 0 bridgehead atoms. The average molecular weight is 244 g/mol. The second kappa shape index (κ2) is 5.78. The summed E-state index contributed by atoms with van der Waals surface area (Å²) in [6.07, 6.45) is 2.59. The maximum absolute atomic E-state index is 11.9. The van der Waals surface area contributed by atoms with Gasteiger partial charge in [0.15, 0.2) is 5.78 Å². The van der Waals surface area contributed by atoms with E-state index in [0.29, 0.717) is 6.42 Å². The number of rotatable bonds is 5. The van der Waals surface area contributed by atoms with Crippen LogP contribution in [-0.4, -0.2) is 5.78 Å². The molecule has 0 saturated heterocycles. The summed E-state index contributed by atoms with van der Waals surface area (Å²) < 4.78 is 0. The highest BCUT2D eigenvalue weighted by atomic mass is 32.1. The van der Waals surface area contributed by atoms with E-state index in [1.807, 2.05) is 31.2 Å². The number of thiophene rings is 1. The van der Waals surface area contributed by atoms with Crippen molar-refractivity contribution in [1.82, 2.24) is 0 Å². The summed E-state index contributed by atoms with van der Waals surface area (Å²) in [5.41, 5.74) is 2.03. The number of ketones is 1. The van der Waals surface area contributed by atoms with E-state index in [9.17, 15) is 4.79 Å². The third kappa shape index (κ3) is 3.53. The first kappa shape index (κ1) is 12.1. The van der Waals surface area contributed by atoms with Gasteiger partial charge in [-0.1, -0.05) is 35.9 Å². The normalized spacial score (nSPS) is 10.4. The van der Waals surface area contributed by atoms with Crippen molar-refractivity contribution >= 4 is 17.1 Å². The molecule has 0 unspecified atom stereocenters. The predicted octanol–water partition coefficient (Wildman–Crippen LogP) is 4.26. The molecule has 0 saturated carbocycles.